The van der Waals surface area contributed by atoms with Crippen molar-refractivity contribution >= 4 is 22.8 Å². The summed E-state index contributed by atoms with van der Waals surface area (Å²) in [4.78, 5) is 9.36. The topological polar surface area (TPSA) is 39.9 Å². The summed E-state index contributed by atoms with van der Waals surface area (Å²) < 4.78 is 7.94. The van der Waals surface area contributed by atoms with Crippen LogP contribution in [0.1, 0.15) is 37.3 Å². The molecular weight excluding hydrogens is 274 g/mol. The first kappa shape index (κ1) is 13.8. The van der Waals surface area contributed by atoms with E-state index in [1.165, 1.54) is 0 Å². The van der Waals surface area contributed by atoms with Crippen LogP contribution in [-0.4, -0.2) is 33.1 Å². The maximum atomic E-state index is 5.91. The first-order valence-electron chi connectivity index (χ1n) is 7.25. The molecule has 0 atom stereocenters. The second-order valence-corrected chi connectivity index (χ2v) is 5.71. The van der Waals surface area contributed by atoms with Crippen molar-refractivity contribution < 1.29 is 4.74 Å². The number of imidazole rings is 1. The van der Waals surface area contributed by atoms with Crippen molar-refractivity contribution in [2.75, 3.05) is 12.5 Å². The number of nitrogens with zero attached hydrogens (tertiary/aromatic N) is 3. The predicted molar refractivity (Wildman–Crippen MR) is 80.4 cm³/mol. The summed E-state index contributed by atoms with van der Waals surface area (Å²) in [5, 5.41) is 0. The monoisotopic (exact) mass is 293 g/mol. The Morgan fingerprint density at radius 3 is 2.85 bits per heavy atom. The van der Waals surface area contributed by atoms with Crippen LogP contribution >= 0.6 is 11.6 Å². The average Bonchev–Trinajstić information content (AvgIpc) is 2.71. The molecule has 1 aliphatic rings. The van der Waals surface area contributed by atoms with E-state index in [-0.39, 0.29) is 0 Å². The van der Waals surface area contributed by atoms with E-state index in [4.69, 9.17) is 21.3 Å². The van der Waals surface area contributed by atoms with Crippen LogP contribution in [0.3, 0.4) is 0 Å². The molecule has 0 saturated heterocycles. The van der Waals surface area contributed by atoms with Crippen molar-refractivity contribution in [2.24, 2.45) is 0 Å². The summed E-state index contributed by atoms with van der Waals surface area (Å²) in [6.07, 6.45) is 3.26. The van der Waals surface area contributed by atoms with E-state index in [9.17, 15) is 0 Å². The van der Waals surface area contributed by atoms with Crippen LogP contribution in [0.4, 0.5) is 0 Å². The number of aromatic nitrogens is 3. The molecule has 0 spiro atoms. The number of halogens is 1. The number of aryl methyl sites for hydroxylation is 2. The zero-order chi connectivity index (χ0) is 14.1. The highest BCUT2D eigenvalue weighted by molar-refractivity contribution is 6.17. The maximum Gasteiger partial charge on any atom is 0.160 e. The van der Waals surface area contributed by atoms with Gasteiger partial charge in [-0.1, -0.05) is 0 Å². The third-order valence-electron chi connectivity index (χ3n) is 3.91. The summed E-state index contributed by atoms with van der Waals surface area (Å²) in [5.74, 6) is 1.64. The van der Waals surface area contributed by atoms with Crippen LogP contribution < -0.4 is 0 Å². The fourth-order valence-corrected chi connectivity index (χ4v) is 3.05. The van der Waals surface area contributed by atoms with Gasteiger partial charge < -0.3 is 9.30 Å². The molecule has 2 heterocycles. The molecule has 1 fully saturated rings. The summed E-state index contributed by atoms with van der Waals surface area (Å²) in [5.41, 5.74) is 2.98. The third-order valence-corrected chi connectivity index (χ3v) is 4.09. The second kappa shape index (κ2) is 5.70. The minimum absolute atomic E-state index is 0.385. The van der Waals surface area contributed by atoms with E-state index in [0.717, 1.165) is 48.6 Å². The number of rotatable bonds is 5. The van der Waals surface area contributed by atoms with E-state index in [0.29, 0.717) is 18.0 Å². The van der Waals surface area contributed by atoms with Crippen molar-refractivity contribution in [1.82, 2.24) is 14.5 Å². The summed E-state index contributed by atoms with van der Waals surface area (Å²) >= 11 is 5.91. The molecule has 20 heavy (non-hydrogen) atoms. The highest BCUT2D eigenvalue weighted by Gasteiger charge is 2.33. The minimum Gasteiger partial charge on any atom is -0.378 e. The Labute approximate surface area is 124 Å². The Kier molecular flexibility index (Phi) is 3.94. The highest BCUT2D eigenvalue weighted by Crippen LogP contribution is 2.37. The number of hydrogen-bond acceptors (Lipinski definition) is 3. The zero-order valence-corrected chi connectivity index (χ0v) is 12.7. The molecule has 2 aromatic rings. The quantitative estimate of drug-likeness (QED) is 0.795. The number of alkyl halides is 1. The van der Waals surface area contributed by atoms with Crippen LogP contribution in [0.25, 0.3) is 11.2 Å². The molecule has 4 nitrogen and oxygen atoms in total. The van der Waals surface area contributed by atoms with Gasteiger partial charge in [-0.2, -0.15) is 0 Å². The standard InChI is InChI=1S/C15H20ClN3O/c1-3-20-12-8-11(9-12)19-14(6-7-16)18-13-5-4-10(2)17-15(13)19/h4-5,11-12H,3,6-9H2,1-2H3. The molecule has 5 heteroatoms. The molecule has 108 valence electrons. The molecular formula is C15H20ClN3O. The molecule has 0 amide bonds. The Morgan fingerprint density at radius 2 is 2.15 bits per heavy atom. The van der Waals surface area contributed by atoms with Crippen LogP contribution in [0, 0.1) is 6.92 Å². The molecule has 3 rings (SSSR count). The molecule has 2 aromatic heterocycles. The van der Waals surface area contributed by atoms with Crippen LogP contribution in [0.2, 0.25) is 0 Å². The van der Waals surface area contributed by atoms with Gasteiger partial charge in [-0.3, -0.25) is 0 Å². The van der Waals surface area contributed by atoms with Crippen molar-refractivity contribution in [1.29, 1.82) is 0 Å². The fraction of sp³-hybridized carbons (Fsp3) is 0.600. The van der Waals surface area contributed by atoms with E-state index < -0.39 is 0 Å². The number of fused-ring (bicyclic) bond motifs is 1. The molecule has 0 aromatic carbocycles. The average molecular weight is 294 g/mol. The van der Waals surface area contributed by atoms with Crippen molar-refractivity contribution in [2.45, 2.75) is 45.3 Å². The first-order valence-corrected chi connectivity index (χ1v) is 7.78. The van der Waals surface area contributed by atoms with E-state index in [1.54, 1.807) is 0 Å². The summed E-state index contributed by atoms with van der Waals surface area (Å²) in [7, 11) is 0. The molecule has 0 aliphatic heterocycles. The van der Waals surface area contributed by atoms with Crippen molar-refractivity contribution in [3.8, 4) is 0 Å². The molecule has 0 N–H and O–H groups in total. The second-order valence-electron chi connectivity index (χ2n) is 5.33. The zero-order valence-electron chi connectivity index (χ0n) is 12.0. The smallest absolute Gasteiger partial charge is 0.160 e. The van der Waals surface area contributed by atoms with Gasteiger partial charge in [0, 0.05) is 30.6 Å². The number of hydrogen-bond donors (Lipinski definition) is 0. The Bertz CT molecular complexity index is 604. The lowest BCUT2D eigenvalue weighted by Gasteiger charge is -2.36. The van der Waals surface area contributed by atoms with Gasteiger partial charge in [0.15, 0.2) is 5.65 Å². The molecule has 0 radical (unpaired) electrons. The molecule has 1 saturated carbocycles. The Morgan fingerprint density at radius 1 is 1.35 bits per heavy atom. The Hall–Kier alpha value is -1.13. The lowest BCUT2D eigenvalue weighted by atomic mass is 9.88. The van der Waals surface area contributed by atoms with Gasteiger partial charge in [0.05, 0.1) is 6.10 Å². The predicted octanol–water partition coefficient (Wildman–Crippen LogP) is 3.26. The summed E-state index contributed by atoms with van der Waals surface area (Å²) in [6, 6.07) is 4.50. The lowest BCUT2D eigenvalue weighted by Crippen LogP contribution is -2.34. The van der Waals surface area contributed by atoms with Gasteiger partial charge in [0.2, 0.25) is 0 Å². The maximum absolute atomic E-state index is 5.91. The van der Waals surface area contributed by atoms with Crippen LogP contribution in [-0.2, 0) is 11.2 Å². The first-order chi connectivity index (χ1) is 9.72. The fourth-order valence-electron chi connectivity index (χ4n) is 2.88. The number of ether oxygens (including phenoxy) is 1. The van der Waals surface area contributed by atoms with E-state index in [2.05, 4.69) is 9.55 Å². The van der Waals surface area contributed by atoms with Gasteiger partial charge >= 0.3 is 0 Å². The number of pyridine rings is 1. The normalized spacial score (nSPS) is 22.1. The van der Waals surface area contributed by atoms with E-state index >= 15 is 0 Å². The van der Waals surface area contributed by atoms with E-state index in [1.807, 2.05) is 26.0 Å². The summed E-state index contributed by atoms with van der Waals surface area (Å²) in [6.45, 7) is 4.85. The molecule has 0 bridgehead atoms. The third kappa shape index (κ3) is 2.42. The lowest BCUT2D eigenvalue weighted by molar-refractivity contribution is -0.0194. The Balaban J connectivity index is 1.95. The molecule has 0 unspecified atom stereocenters. The highest BCUT2D eigenvalue weighted by atomic mass is 35.5. The van der Waals surface area contributed by atoms with Crippen molar-refractivity contribution in [3.63, 3.8) is 0 Å². The molecule has 1 aliphatic carbocycles. The SMILES string of the molecule is CCOC1CC(n2c(CCCl)nc3ccc(C)nc32)C1. The minimum atomic E-state index is 0.385. The van der Waals surface area contributed by atoms with Crippen LogP contribution in [0.15, 0.2) is 12.1 Å². The van der Waals surface area contributed by atoms with Gasteiger partial charge in [0.25, 0.3) is 0 Å². The van der Waals surface area contributed by atoms with Gasteiger partial charge in [-0.15, -0.1) is 11.6 Å². The van der Waals surface area contributed by atoms with Gasteiger partial charge in [-0.25, -0.2) is 9.97 Å². The van der Waals surface area contributed by atoms with Crippen molar-refractivity contribution in [3.05, 3.63) is 23.7 Å². The van der Waals surface area contributed by atoms with Gasteiger partial charge in [0.1, 0.15) is 11.3 Å². The van der Waals surface area contributed by atoms with Crippen LogP contribution in [0.5, 0.6) is 0 Å². The largest absolute Gasteiger partial charge is 0.378 e. The van der Waals surface area contributed by atoms with Gasteiger partial charge in [-0.05, 0) is 38.8 Å².